The van der Waals surface area contributed by atoms with E-state index in [0.717, 1.165) is 34.4 Å². The number of hydrogen-bond acceptors (Lipinski definition) is 8. The Morgan fingerprint density at radius 1 is 1.22 bits per heavy atom. The van der Waals surface area contributed by atoms with Crippen LogP contribution in [0.15, 0.2) is 50.8 Å². The molecule has 0 radical (unpaired) electrons. The normalized spacial score (nSPS) is 11.0. The van der Waals surface area contributed by atoms with E-state index >= 15 is 0 Å². The molecular weight excluding hydrogens is 382 g/mol. The van der Waals surface area contributed by atoms with Gasteiger partial charge in [-0.15, -0.1) is 10.2 Å². The first-order valence-electron chi connectivity index (χ1n) is 8.34. The molecule has 0 atom stereocenters. The minimum atomic E-state index is 0.529. The standard InChI is InChI=1S/C18H17N5O2S2/c1-3-23-17(13-6-4-5-7-14(13)24-2)20-21-18(23)27-11-15-19-16(22-25-15)12-8-9-26-10-12/h4-10H,3,11H2,1-2H3. The number of methoxy groups -OCH3 is 1. The van der Waals surface area contributed by atoms with E-state index in [1.54, 1.807) is 18.4 Å². The van der Waals surface area contributed by atoms with Crippen LogP contribution in [0.4, 0.5) is 0 Å². The average Bonchev–Trinajstić information content (AvgIpc) is 3.46. The first-order valence-corrected chi connectivity index (χ1v) is 10.3. The largest absolute Gasteiger partial charge is 0.496 e. The quantitative estimate of drug-likeness (QED) is 0.427. The molecule has 0 N–H and O–H groups in total. The molecule has 0 unspecified atom stereocenters. The Kier molecular flexibility index (Phi) is 5.21. The monoisotopic (exact) mass is 399 g/mol. The minimum Gasteiger partial charge on any atom is -0.496 e. The number of ether oxygens (including phenoxy) is 1. The lowest BCUT2D eigenvalue weighted by molar-refractivity contribution is 0.391. The topological polar surface area (TPSA) is 78.9 Å². The Morgan fingerprint density at radius 3 is 2.89 bits per heavy atom. The Morgan fingerprint density at radius 2 is 2.11 bits per heavy atom. The van der Waals surface area contributed by atoms with Crippen molar-refractivity contribution in [2.45, 2.75) is 24.4 Å². The van der Waals surface area contributed by atoms with Gasteiger partial charge in [0, 0.05) is 17.5 Å². The van der Waals surface area contributed by atoms with Gasteiger partial charge in [0.25, 0.3) is 0 Å². The second kappa shape index (κ2) is 7.93. The number of rotatable bonds is 7. The highest BCUT2D eigenvalue weighted by Crippen LogP contribution is 2.31. The number of nitrogens with zero attached hydrogens (tertiary/aromatic N) is 5. The number of hydrogen-bond donors (Lipinski definition) is 0. The van der Waals surface area contributed by atoms with Crippen molar-refractivity contribution in [3.8, 4) is 28.5 Å². The van der Waals surface area contributed by atoms with E-state index in [2.05, 4.69) is 31.8 Å². The van der Waals surface area contributed by atoms with Gasteiger partial charge in [-0.05, 0) is 30.5 Å². The fourth-order valence-corrected chi connectivity index (χ4v) is 4.13. The molecule has 9 heteroatoms. The van der Waals surface area contributed by atoms with Crippen LogP contribution in [0.5, 0.6) is 5.75 Å². The molecule has 0 amide bonds. The van der Waals surface area contributed by atoms with Crippen LogP contribution in [0.1, 0.15) is 12.8 Å². The highest BCUT2D eigenvalue weighted by atomic mass is 32.2. The van der Waals surface area contributed by atoms with Gasteiger partial charge in [0.2, 0.25) is 11.7 Å². The Bertz CT molecular complexity index is 1030. The Hall–Kier alpha value is -2.65. The highest BCUT2D eigenvalue weighted by molar-refractivity contribution is 7.98. The molecular formula is C18H17N5O2S2. The van der Waals surface area contributed by atoms with Crippen LogP contribution in [0, 0.1) is 0 Å². The van der Waals surface area contributed by atoms with Crippen molar-refractivity contribution >= 4 is 23.1 Å². The number of thiophene rings is 1. The molecule has 138 valence electrons. The molecule has 3 heterocycles. The summed E-state index contributed by atoms with van der Waals surface area (Å²) in [6.45, 7) is 2.81. The van der Waals surface area contributed by atoms with Gasteiger partial charge in [0.15, 0.2) is 11.0 Å². The van der Waals surface area contributed by atoms with Crippen molar-refractivity contribution in [2.24, 2.45) is 0 Å². The Balaban J connectivity index is 1.54. The maximum atomic E-state index is 5.46. The summed E-state index contributed by atoms with van der Waals surface area (Å²) in [7, 11) is 1.65. The van der Waals surface area contributed by atoms with E-state index in [-0.39, 0.29) is 0 Å². The van der Waals surface area contributed by atoms with Gasteiger partial charge in [-0.1, -0.05) is 29.1 Å². The molecule has 27 heavy (non-hydrogen) atoms. The molecule has 7 nitrogen and oxygen atoms in total. The summed E-state index contributed by atoms with van der Waals surface area (Å²) in [5, 5.41) is 17.5. The van der Waals surface area contributed by atoms with Crippen molar-refractivity contribution in [1.29, 1.82) is 0 Å². The number of thioether (sulfide) groups is 1. The van der Waals surface area contributed by atoms with E-state index in [4.69, 9.17) is 9.26 Å². The van der Waals surface area contributed by atoms with E-state index in [1.807, 2.05) is 41.1 Å². The fourth-order valence-electron chi connectivity index (χ4n) is 2.66. The average molecular weight is 400 g/mol. The summed E-state index contributed by atoms with van der Waals surface area (Å²) in [6.07, 6.45) is 0. The summed E-state index contributed by atoms with van der Waals surface area (Å²) in [5.41, 5.74) is 1.88. The molecule has 0 aliphatic carbocycles. The van der Waals surface area contributed by atoms with Gasteiger partial charge in [0.05, 0.1) is 18.4 Å². The van der Waals surface area contributed by atoms with E-state index in [9.17, 15) is 0 Å². The third-order valence-corrected chi connectivity index (χ3v) is 5.59. The second-order valence-corrected chi connectivity index (χ2v) is 7.29. The predicted molar refractivity (Wildman–Crippen MR) is 105 cm³/mol. The van der Waals surface area contributed by atoms with Crippen LogP contribution in [-0.2, 0) is 12.3 Å². The minimum absolute atomic E-state index is 0.529. The molecule has 1 aromatic carbocycles. The molecule has 4 rings (SSSR count). The molecule has 0 bridgehead atoms. The number of benzene rings is 1. The van der Waals surface area contributed by atoms with Gasteiger partial charge in [0.1, 0.15) is 5.75 Å². The lowest BCUT2D eigenvalue weighted by Gasteiger charge is -2.09. The van der Waals surface area contributed by atoms with Crippen LogP contribution in [-0.4, -0.2) is 32.0 Å². The number of para-hydroxylation sites is 1. The van der Waals surface area contributed by atoms with Crippen molar-refractivity contribution < 1.29 is 9.26 Å². The molecule has 0 aliphatic heterocycles. The van der Waals surface area contributed by atoms with Gasteiger partial charge in [-0.3, -0.25) is 0 Å². The highest BCUT2D eigenvalue weighted by Gasteiger charge is 2.17. The van der Waals surface area contributed by atoms with E-state index in [1.165, 1.54) is 11.8 Å². The van der Waals surface area contributed by atoms with Crippen molar-refractivity contribution in [3.63, 3.8) is 0 Å². The molecule has 0 spiro atoms. The van der Waals surface area contributed by atoms with Gasteiger partial charge in [-0.2, -0.15) is 16.3 Å². The van der Waals surface area contributed by atoms with Crippen molar-refractivity contribution in [1.82, 2.24) is 24.9 Å². The van der Waals surface area contributed by atoms with E-state index in [0.29, 0.717) is 17.5 Å². The first kappa shape index (κ1) is 17.7. The summed E-state index contributed by atoms with van der Waals surface area (Å²) < 4.78 is 12.9. The zero-order chi connectivity index (χ0) is 18.6. The summed E-state index contributed by atoms with van der Waals surface area (Å²) in [5.74, 6) is 3.25. The third kappa shape index (κ3) is 3.60. The molecule has 0 saturated carbocycles. The van der Waals surface area contributed by atoms with Crippen molar-refractivity contribution in [3.05, 3.63) is 47.0 Å². The van der Waals surface area contributed by atoms with Crippen LogP contribution >= 0.6 is 23.1 Å². The maximum Gasteiger partial charge on any atom is 0.237 e. The van der Waals surface area contributed by atoms with Crippen LogP contribution in [0.25, 0.3) is 22.8 Å². The van der Waals surface area contributed by atoms with Crippen LogP contribution < -0.4 is 4.74 Å². The maximum absolute atomic E-state index is 5.46. The summed E-state index contributed by atoms with van der Waals surface area (Å²) >= 11 is 3.12. The zero-order valence-corrected chi connectivity index (χ0v) is 16.5. The van der Waals surface area contributed by atoms with Gasteiger partial charge >= 0.3 is 0 Å². The lowest BCUT2D eigenvalue weighted by Crippen LogP contribution is -2.01. The SMILES string of the molecule is CCn1c(SCc2nc(-c3ccsc3)no2)nnc1-c1ccccc1OC. The molecule has 0 saturated heterocycles. The summed E-state index contributed by atoms with van der Waals surface area (Å²) in [6, 6.07) is 9.77. The van der Waals surface area contributed by atoms with Crippen molar-refractivity contribution in [2.75, 3.05) is 7.11 Å². The molecule has 4 aromatic rings. The van der Waals surface area contributed by atoms with Gasteiger partial charge < -0.3 is 13.8 Å². The third-order valence-electron chi connectivity index (χ3n) is 3.95. The zero-order valence-electron chi connectivity index (χ0n) is 14.8. The fraction of sp³-hybridized carbons (Fsp3) is 0.222. The summed E-state index contributed by atoms with van der Waals surface area (Å²) in [4.78, 5) is 4.45. The van der Waals surface area contributed by atoms with E-state index < -0.39 is 0 Å². The Labute approximate surface area is 164 Å². The second-order valence-electron chi connectivity index (χ2n) is 5.56. The van der Waals surface area contributed by atoms with Gasteiger partial charge in [-0.25, -0.2) is 0 Å². The molecule has 3 aromatic heterocycles. The smallest absolute Gasteiger partial charge is 0.237 e. The van der Waals surface area contributed by atoms with Crippen LogP contribution in [0.3, 0.4) is 0 Å². The first-order chi connectivity index (χ1) is 13.3. The lowest BCUT2D eigenvalue weighted by atomic mass is 10.2. The molecule has 0 fully saturated rings. The predicted octanol–water partition coefficient (Wildman–Crippen LogP) is 4.38. The number of aromatic nitrogens is 5. The van der Waals surface area contributed by atoms with Crippen LogP contribution in [0.2, 0.25) is 0 Å². The molecule has 0 aliphatic rings.